The van der Waals surface area contributed by atoms with Gasteiger partial charge in [-0.05, 0) is 38.0 Å². The van der Waals surface area contributed by atoms with Crippen LogP contribution in [0.5, 0.6) is 0 Å². The molecule has 130 valence electrons. The zero-order chi connectivity index (χ0) is 17.2. The Kier molecular flexibility index (Phi) is 4.73. The fraction of sp³-hybridized carbons (Fsp3) is 0.400. The summed E-state index contributed by atoms with van der Waals surface area (Å²) in [5, 5.41) is 9.94. The summed E-state index contributed by atoms with van der Waals surface area (Å²) < 4.78 is 1.87. The van der Waals surface area contributed by atoms with Crippen LogP contribution in [0.4, 0.5) is 0 Å². The highest BCUT2D eigenvalue weighted by atomic mass is 35.5. The summed E-state index contributed by atoms with van der Waals surface area (Å²) in [6.07, 6.45) is 6.54. The number of nitrogens with zero attached hydrogens (tertiary/aromatic N) is 3. The van der Waals surface area contributed by atoms with E-state index in [0.717, 1.165) is 34.5 Å². The van der Waals surface area contributed by atoms with Crippen molar-refractivity contribution >= 4 is 22.6 Å². The highest BCUT2D eigenvalue weighted by Gasteiger charge is 2.16. The Morgan fingerprint density at radius 3 is 2.68 bits per heavy atom. The number of fused-ring (bicyclic) bond motifs is 1. The molecule has 0 radical (unpaired) electrons. The number of halogens is 1. The van der Waals surface area contributed by atoms with Crippen molar-refractivity contribution in [2.45, 2.75) is 51.6 Å². The summed E-state index contributed by atoms with van der Waals surface area (Å²) in [6, 6.07) is 12.8. The highest BCUT2D eigenvalue weighted by molar-refractivity contribution is 6.30. The average molecular weight is 355 g/mol. The molecular formula is C20H23ClN4. The van der Waals surface area contributed by atoms with Crippen molar-refractivity contribution in [3.05, 3.63) is 52.8 Å². The Hall–Kier alpha value is -1.91. The number of aromatic nitrogens is 3. The van der Waals surface area contributed by atoms with Crippen molar-refractivity contribution in [1.29, 1.82) is 0 Å². The van der Waals surface area contributed by atoms with Crippen LogP contribution in [0.15, 0.2) is 36.4 Å². The minimum atomic E-state index is 0.563. The number of para-hydroxylation sites is 1. The van der Waals surface area contributed by atoms with E-state index < -0.39 is 0 Å². The van der Waals surface area contributed by atoms with Crippen LogP contribution in [-0.4, -0.2) is 20.8 Å². The van der Waals surface area contributed by atoms with Crippen LogP contribution < -0.4 is 5.32 Å². The molecule has 1 saturated carbocycles. The van der Waals surface area contributed by atoms with Crippen LogP contribution in [0.25, 0.3) is 16.7 Å². The minimum Gasteiger partial charge on any atom is -0.310 e. The SMILES string of the molecule is Cc1nn(-c2ccccc2)c2nc(Cl)c(CNC3CCCCC3)cc12. The molecule has 0 saturated heterocycles. The van der Waals surface area contributed by atoms with Crippen molar-refractivity contribution in [1.82, 2.24) is 20.1 Å². The predicted octanol–water partition coefficient (Wildman–Crippen LogP) is 4.80. The molecular weight excluding hydrogens is 332 g/mol. The summed E-state index contributed by atoms with van der Waals surface area (Å²) in [4.78, 5) is 4.66. The third-order valence-corrected chi connectivity index (χ3v) is 5.38. The quantitative estimate of drug-likeness (QED) is 0.684. The molecule has 25 heavy (non-hydrogen) atoms. The number of hydrogen-bond donors (Lipinski definition) is 1. The molecule has 1 fully saturated rings. The van der Waals surface area contributed by atoms with Crippen LogP contribution >= 0.6 is 11.6 Å². The zero-order valence-corrected chi connectivity index (χ0v) is 15.3. The largest absolute Gasteiger partial charge is 0.310 e. The monoisotopic (exact) mass is 354 g/mol. The van der Waals surface area contributed by atoms with Gasteiger partial charge in [-0.15, -0.1) is 0 Å². The van der Waals surface area contributed by atoms with E-state index in [1.54, 1.807) is 0 Å². The maximum absolute atomic E-state index is 6.50. The normalized spacial score (nSPS) is 15.8. The van der Waals surface area contributed by atoms with Gasteiger partial charge in [-0.1, -0.05) is 49.1 Å². The van der Waals surface area contributed by atoms with Crippen molar-refractivity contribution in [3.63, 3.8) is 0 Å². The third-order valence-electron chi connectivity index (χ3n) is 5.06. The standard InChI is InChI=1S/C20H23ClN4/c1-14-18-12-15(13-22-16-8-4-2-5-9-16)19(21)23-20(18)25(24-14)17-10-6-3-7-11-17/h3,6-7,10-12,16,22H,2,4-5,8-9,13H2,1H3. The molecule has 5 heteroatoms. The molecule has 2 heterocycles. The molecule has 0 bridgehead atoms. The number of hydrogen-bond acceptors (Lipinski definition) is 3. The Morgan fingerprint density at radius 2 is 1.92 bits per heavy atom. The van der Waals surface area contributed by atoms with Gasteiger partial charge in [0.1, 0.15) is 5.15 Å². The zero-order valence-electron chi connectivity index (χ0n) is 14.5. The molecule has 3 aromatic rings. The van der Waals surface area contributed by atoms with E-state index in [-0.39, 0.29) is 0 Å². The maximum atomic E-state index is 6.50. The lowest BCUT2D eigenvalue weighted by atomic mass is 9.95. The van der Waals surface area contributed by atoms with Gasteiger partial charge in [0.2, 0.25) is 0 Å². The minimum absolute atomic E-state index is 0.563. The fourth-order valence-electron chi connectivity index (χ4n) is 3.64. The van der Waals surface area contributed by atoms with Crippen LogP contribution in [0.3, 0.4) is 0 Å². The first-order valence-corrected chi connectivity index (χ1v) is 9.44. The number of aryl methyl sites for hydroxylation is 1. The lowest BCUT2D eigenvalue weighted by Gasteiger charge is -2.23. The van der Waals surface area contributed by atoms with Crippen LogP contribution in [0.2, 0.25) is 5.15 Å². The Balaban J connectivity index is 1.64. The van der Waals surface area contributed by atoms with E-state index in [4.69, 9.17) is 11.6 Å². The molecule has 0 spiro atoms. The number of benzene rings is 1. The van der Waals surface area contributed by atoms with Gasteiger partial charge in [-0.25, -0.2) is 9.67 Å². The smallest absolute Gasteiger partial charge is 0.164 e. The van der Waals surface area contributed by atoms with Gasteiger partial charge >= 0.3 is 0 Å². The lowest BCUT2D eigenvalue weighted by Crippen LogP contribution is -2.30. The summed E-state index contributed by atoms with van der Waals surface area (Å²) in [6.45, 7) is 2.79. The van der Waals surface area contributed by atoms with Crippen molar-refractivity contribution in [2.75, 3.05) is 0 Å². The molecule has 4 rings (SSSR count). The van der Waals surface area contributed by atoms with E-state index in [2.05, 4.69) is 21.5 Å². The van der Waals surface area contributed by atoms with Crippen LogP contribution in [-0.2, 0) is 6.54 Å². The first-order valence-electron chi connectivity index (χ1n) is 9.06. The van der Waals surface area contributed by atoms with Crippen molar-refractivity contribution in [3.8, 4) is 5.69 Å². The molecule has 1 aliphatic carbocycles. The van der Waals surface area contributed by atoms with E-state index in [9.17, 15) is 0 Å². The summed E-state index contributed by atoms with van der Waals surface area (Å²) >= 11 is 6.50. The summed E-state index contributed by atoms with van der Waals surface area (Å²) in [7, 11) is 0. The van der Waals surface area contributed by atoms with Crippen molar-refractivity contribution in [2.24, 2.45) is 0 Å². The van der Waals surface area contributed by atoms with Crippen LogP contribution in [0.1, 0.15) is 43.4 Å². The molecule has 1 N–H and O–H groups in total. The lowest BCUT2D eigenvalue weighted by molar-refractivity contribution is 0.372. The average Bonchev–Trinajstić information content (AvgIpc) is 2.97. The number of rotatable bonds is 4. The topological polar surface area (TPSA) is 42.7 Å². The summed E-state index contributed by atoms with van der Waals surface area (Å²) in [5.74, 6) is 0. The second-order valence-corrected chi connectivity index (χ2v) is 7.22. The number of nitrogens with one attached hydrogen (secondary N) is 1. The van der Waals surface area contributed by atoms with Gasteiger partial charge < -0.3 is 5.32 Å². The molecule has 0 unspecified atom stereocenters. The fourth-order valence-corrected chi connectivity index (χ4v) is 3.84. The van der Waals surface area contributed by atoms with E-state index in [1.165, 1.54) is 32.1 Å². The highest BCUT2D eigenvalue weighted by Crippen LogP contribution is 2.26. The van der Waals surface area contributed by atoms with Crippen LogP contribution in [0, 0.1) is 6.92 Å². The second-order valence-electron chi connectivity index (χ2n) is 6.86. The predicted molar refractivity (Wildman–Crippen MR) is 102 cm³/mol. The van der Waals surface area contributed by atoms with Gasteiger partial charge in [0.05, 0.1) is 11.4 Å². The van der Waals surface area contributed by atoms with Gasteiger partial charge in [0.15, 0.2) is 5.65 Å². The Bertz CT molecular complexity index is 866. The maximum Gasteiger partial charge on any atom is 0.164 e. The van der Waals surface area contributed by atoms with E-state index in [0.29, 0.717) is 11.2 Å². The first-order chi connectivity index (χ1) is 12.2. The van der Waals surface area contributed by atoms with Gasteiger partial charge in [0.25, 0.3) is 0 Å². The summed E-state index contributed by atoms with van der Waals surface area (Å²) in [5.41, 5.74) is 3.84. The van der Waals surface area contributed by atoms with E-state index in [1.807, 2.05) is 41.9 Å². The molecule has 0 atom stereocenters. The second kappa shape index (κ2) is 7.14. The molecule has 0 amide bonds. The molecule has 1 aliphatic rings. The van der Waals surface area contributed by atoms with Gasteiger partial charge in [-0.2, -0.15) is 5.10 Å². The number of pyridine rings is 1. The molecule has 0 aliphatic heterocycles. The Labute approximate surface area is 153 Å². The van der Waals surface area contributed by atoms with E-state index >= 15 is 0 Å². The third kappa shape index (κ3) is 3.42. The molecule has 4 nitrogen and oxygen atoms in total. The van der Waals surface area contributed by atoms with Gasteiger partial charge in [-0.3, -0.25) is 0 Å². The first kappa shape index (κ1) is 16.6. The van der Waals surface area contributed by atoms with Gasteiger partial charge in [0, 0.05) is 23.5 Å². The molecule has 1 aromatic carbocycles. The molecule has 2 aromatic heterocycles. The van der Waals surface area contributed by atoms with Crippen molar-refractivity contribution < 1.29 is 0 Å². The Morgan fingerprint density at radius 1 is 1.16 bits per heavy atom.